The number of fused-ring (bicyclic) bond motifs is 1. The van der Waals surface area contributed by atoms with E-state index in [-0.39, 0.29) is 12.0 Å². The van der Waals surface area contributed by atoms with Crippen molar-refractivity contribution < 1.29 is 23.9 Å². The highest BCUT2D eigenvalue weighted by atomic mass is 35.5. The molecular weight excluding hydrogens is 460 g/mol. The normalized spacial score (nSPS) is 13.7. The minimum absolute atomic E-state index is 0.136. The molecule has 1 aromatic carbocycles. The topological polar surface area (TPSA) is 94.0 Å². The smallest absolute Gasteiger partial charge is 0.417 e. The fourth-order valence-corrected chi connectivity index (χ4v) is 4.05. The molecular formula is C24H25ClN4O5. The Balaban J connectivity index is 1.53. The summed E-state index contributed by atoms with van der Waals surface area (Å²) in [5.74, 6) is -0.136. The molecule has 1 fully saturated rings. The van der Waals surface area contributed by atoms with Crippen LogP contribution in [-0.2, 0) is 9.47 Å². The second-order valence-corrected chi connectivity index (χ2v) is 8.30. The van der Waals surface area contributed by atoms with Crippen LogP contribution in [0.4, 0.5) is 9.59 Å². The standard InChI is InChI=1S/C24H25ClN4O5/c1-3-12-34-24(32)28-10-8-27(9-11-28)22(30)16-4-5-18-19(25)14-20(26-21(18)13-16)17-6-7-29(15-17)23(31)33-2/h4-7,13-15H,3,8-12H2,1-2H3. The Hall–Kier alpha value is -3.59. The van der Waals surface area contributed by atoms with Gasteiger partial charge in [0.25, 0.3) is 5.91 Å². The van der Waals surface area contributed by atoms with Crippen molar-refractivity contribution in [2.45, 2.75) is 13.3 Å². The van der Waals surface area contributed by atoms with E-state index in [1.165, 1.54) is 11.7 Å². The molecule has 9 nitrogen and oxygen atoms in total. The number of amides is 2. The highest BCUT2D eigenvalue weighted by molar-refractivity contribution is 6.35. The lowest BCUT2D eigenvalue weighted by Crippen LogP contribution is -2.50. The van der Waals surface area contributed by atoms with Crippen LogP contribution in [0.25, 0.3) is 22.2 Å². The fourth-order valence-electron chi connectivity index (χ4n) is 3.79. The van der Waals surface area contributed by atoms with Gasteiger partial charge in [-0.15, -0.1) is 0 Å². The van der Waals surface area contributed by atoms with Gasteiger partial charge in [0.15, 0.2) is 0 Å². The van der Waals surface area contributed by atoms with Crippen LogP contribution in [0, 0.1) is 0 Å². The number of ether oxygens (including phenoxy) is 2. The van der Waals surface area contributed by atoms with E-state index >= 15 is 0 Å². The Morgan fingerprint density at radius 3 is 2.47 bits per heavy atom. The summed E-state index contributed by atoms with van der Waals surface area (Å²) in [6.45, 7) is 4.03. The molecule has 0 bridgehead atoms. The molecule has 0 N–H and O–H groups in total. The second kappa shape index (κ2) is 10.1. The van der Waals surface area contributed by atoms with Crippen LogP contribution in [-0.4, -0.2) is 77.3 Å². The number of carbonyl (C=O) groups excluding carboxylic acids is 3. The SMILES string of the molecule is CCCOC(=O)N1CCN(C(=O)c2ccc3c(Cl)cc(-c4ccn(C(=O)OC)c4)nc3c2)CC1. The lowest BCUT2D eigenvalue weighted by molar-refractivity contribution is 0.0560. The minimum Gasteiger partial charge on any atom is -0.452 e. The number of benzene rings is 1. The second-order valence-electron chi connectivity index (χ2n) is 7.89. The van der Waals surface area contributed by atoms with Crippen molar-refractivity contribution in [3.05, 3.63) is 53.3 Å². The number of piperazine rings is 1. The van der Waals surface area contributed by atoms with Crippen LogP contribution < -0.4 is 0 Å². The van der Waals surface area contributed by atoms with Crippen LogP contribution >= 0.6 is 11.6 Å². The molecule has 178 valence electrons. The van der Waals surface area contributed by atoms with Crippen molar-refractivity contribution in [1.29, 1.82) is 0 Å². The Labute approximate surface area is 201 Å². The molecule has 2 aromatic heterocycles. The van der Waals surface area contributed by atoms with Gasteiger partial charge >= 0.3 is 12.2 Å². The zero-order chi connectivity index (χ0) is 24.2. The highest BCUT2D eigenvalue weighted by Crippen LogP contribution is 2.29. The molecule has 1 aliphatic rings. The average molecular weight is 485 g/mol. The maximum Gasteiger partial charge on any atom is 0.417 e. The highest BCUT2D eigenvalue weighted by Gasteiger charge is 2.26. The first-order valence-corrected chi connectivity index (χ1v) is 11.4. The van der Waals surface area contributed by atoms with Gasteiger partial charge in [-0.05, 0) is 30.7 Å². The fraction of sp³-hybridized carbons (Fsp3) is 0.333. The number of carbonyl (C=O) groups is 3. The molecule has 0 radical (unpaired) electrons. The van der Waals surface area contributed by atoms with Gasteiger partial charge in [-0.3, -0.25) is 9.36 Å². The maximum atomic E-state index is 13.1. The van der Waals surface area contributed by atoms with Crippen molar-refractivity contribution >= 4 is 40.6 Å². The molecule has 2 amide bonds. The number of aromatic nitrogens is 2. The van der Waals surface area contributed by atoms with E-state index in [4.69, 9.17) is 21.1 Å². The zero-order valence-electron chi connectivity index (χ0n) is 19.0. The van der Waals surface area contributed by atoms with Gasteiger partial charge in [0.2, 0.25) is 0 Å². The zero-order valence-corrected chi connectivity index (χ0v) is 19.7. The summed E-state index contributed by atoms with van der Waals surface area (Å²) in [5.41, 5.74) is 2.32. The van der Waals surface area contributed by atoms with E-state index in [9.17, 15) is 14.4 Å². The van der Waals surface area contributed by atoms with Crippen molar-refractivity contribution in [1.82, 2.24) is 19.4 Å². The molecule has 0 atom stereocenters. The van der Waals surface area contributed by atoms with E-state index in [2.05, 4.69) is 4.98 Å². The third-order valence-electron chi connectivity index (χ3n) is 5.64. The van der Waals surface area contributed by atoms with Gasteiger partial charge in [0.05, 0.1) is 29.9 Å². The number of hydrogen-bond donors (Lipinski definition) is 0. The number of rotatable bonds is 4. The molecule has 4 rings (SSSR count). The van der Waals surface area contributed by atoms with Crippen molar-refractivity contribution in [3.8, 4) is 11.3 Å². The third-order valence-corrected chi connectivity index (χ3v) is 5.95. The summed E-state index contributed by atoms with van der Waals surface area (Å²) >= 11 is 6.49. The number of halogens is 1. The van der Waals surface area contributed by atoms with Crippen LogP contribution in [0.15, 0.2) is 42.7 Å². The lowest BCUT2D eigenvalue weighted by atomic mass is 10.1. The van der Waals surface area contributed by atoms with Crippen LogP contribution in [0.1, 0.15) is 23.7 Å². The molecule has 0 spiro atoms. The summed E-state index contributed by atoms with van der Waals surface area (Å²) in [6, 6.07) is 8.68. The van der Waals surface area contributed by atoms with Crippen molar-refractivity contribution in [3.63, 3.8) is 0 Å². The first kappa shape index (κ1) is 23.6. The Bertz CT molecular complexity index is 1230. The largest absolute Gasteiger partial charge is 0.452 e. The summed E-state index contributed by atoms with van der Waals surface area (Å²) in [7, 11) is 1.31. The molecule has 1 aliphatic heterocycles. The molecule has 3 aromatic rings. The first-order valence-electron chi connectivity index (χ1n) is 11.0. The van der Waals surface area contributed by atoms with Crippen LogP contribution in [0.3, 0.4) is 0 Å². The maximum absolute atomic E-state index is 13.1. The Kier molecular flexibility index (Phi) is 7.02. The Morgan fingerprint density at radius 2 is 1.76 bits per heavy atom. The van der Waals surface area contributed by atoms with E-state index in [1.807, 2.05) is 6.92 Å². The van der Waals surface area contributed by atoms with Gasteiger partial charge in [-0.25, -0.2) is 14.6 Å². The molecule has 3 heterocycles. The molecule has 0 unspecified atom stereocenters. The molecule has 10 heteroatoms. The summed E-state index contributed by atoms with van der Waals surface area (Å²) < 4.78 is 11.2. The number of nitrogens with zero attached hydrogens (tertiary/aromatic N) is 4. The van der Waals surface area contributed by atoms with E-state index in [0.29, 0.717) is 60.1 Å². The van der Waals surface area contributed by atoms with Crippen molar-refractivity contribution in [2.75, 3.05) is 39.9 Å². The summed E-state index contributed by atoms with van der Waals surface area (Å²) in [4.78, 5) is 44.9. The molecule has 0 saturated carbocycles. The van der Waals surface area contributed by atoms with Gasteiger partial charge in [-0.2, -0.15) is 0 Å². The van der Waals surface area contributed by atoms with Crippen LogP contribution in [0.5, 0.6) is 0 Å². The van der Waals surface area contributed by atoms with E-state index < -0.39 is 6.09 Å². The third kappa shape index (κ3) is 4.84. The number of methoxy groups -OCH3 is 1. The van der Waals surface area contributed by atoms with Gasteiger partial charge in [0, 0.05) is 55.1 Å². The molecule has 1 saturated heterocycles. The van der Waals surface area contributed by atoms with Crippen LogP contribution in [0.2, 0.25) is 5.02 Å². The Morgan fingerprint density at radius 1 is 1.03 bits per heavy atom. The van der Waals surface area contributed by atoms with Gasteiger partial charge in [0.1, 0.15) is 0 Å². The van der Waals surface area contributed by atoms with Crippen molar-refractivity contribution in [2.24, 2.45) is 0 Å². The van der Waals surface area contributed by atoms with Gasteiger partial charge < -0.3 is 19.3 Å². The molecule has 34 heavy (non-hydrogen) atoms. The monoisotopic (exact) mass is 484 g/mol. The quantitative estimate of drug-likeness (QED) is 0.548. The van der Waals surface area contributed by atoms with Gasteiger partial charge in [-0.1, -0.05) is 24.6 Å². The predicted molar refractivity (Wildman–Crippen MR) is 127 cm³/mol. The average Bonchev–Trinajstić information content (AvgIpc) is 3.36. The molecule has 0 aliphatic carbocycles. The first-order chi connectivity index (χ1) is 16.4. The predicted octanol–water partition coefficient (Wildman–Crippen LogP) is 4.28. The summed E-state index contributed by atoms with van der Waals surface area (Å²) in [6.07, 6.45) is 3.11. The number of hydrogen-bond acceptors (Lipinski definition) is 6. The van der Waals surface area contributed by atoms with E-state index in [0.717, 1.165) is 11.8 Å². The summed E-state index contributed by atoms with van der Waals surface area (Å²) in [5, 5.41) is 1.21. The minimum atomic E-state index is -0.509. The number of pyridine rings is 1. The lowest BCUT2D eigenvalue weighted by Gasteiger charge is -2.34. The van der Waals surface area contributed by atoms with E-state index in [1.54, 1.807) is 52.5 Å².